The first kappa shape index (κ1) is 17.6. The van der Waals surface area contributed by atoms with Crippen LogP contribution in [-0.2, 0) is 4.74 Å². The number of benzene rings is 1. The summed E-state index contributed by atoms with van der Waals surface area (Å²) in [7, 11) is 2.04. The second kappa shape index (κ2) is 7.77. The van der Waals surface area contributed by atoms with Gasteiger partial charge in [0, 0.05) is 30.8 Å². The number of likely N-dealkylation sites (N-methyl/N-ethyl adjacent to an activating group) is 1. The first-order valence-electron chi connectivity index (χ1n) is 8.10. The van der Waals surface area contributed by atoms with Gasteiger partial charge < -0.3 is 20.7 Å². The standard InChI is InChI=1S/C18H21N3O3S/c1-21-6-7-24-14(11-21)10-20-18(23)13-4-2-3-12(9-13)15-5-8-25-16(15)17(19)22/h2-5,8-9,14H,6-7,10-11H2,1H3,(H2,19,22)(H,20,23)/t14-/m1/s1. The summed E-state index contributed by atoms with van der Waals surface area (Å²) in [5, 5.41) is 4.74. The number of thiophene rings is 1. The fourth-order valence-corrected chi connectivity index (χ4v) is 3.62. The molecule has 3 N–H and O–H groups in total. The zero-order valence-corrected chi connectivity index (χ0v) is 14.8. The maximum atomic E-state index is 12.4. The number of ether oxygens (including phenoxy) is 1. The number of nitrogens with two attached hydrogens (primary N) is 1. The van der Waals surface area contributed by atoms with Gasteiger partial charge in [-0.1, -0.05) is 12.1 Å². The topological polar surface area (TPSA) is 84.7 Å². The number of nitrogens with zero attached hydrogens (tertiary/aromatic N) is 1. The van der Waals surface area contributed by atoms with Crippen LogP contribution in [0.2, 0.25) is 0 Å². The maximum Gasteiger partial charge on any atom is 0.259 e. The van der Waals surface area contributed by atoms with Crippen LogP contribution in [0.4, 0.5) is 0 Å². The molecule has 1 fully saturated rings. The van der Waals surface area contributed by atoms with Gasteiger partial charge in [-0.25, -0.2) is 0 Å². The van der Waals surface area contributed by atoms with Crippen molar-refractivity contribution in [3.63, 3.8) is 0 Å². The molecule has 1 aromatic heterocycles. The molecule has 0 spiro atoms. The largest absolute Gasteiger partial charge is 0.374 e. The first-order chi connectivity index (χ1) is 12.0. The molecule has 132 valence electrons. The Kier molecular flexibility index (Phi) is 5.47. The van der Waals surface area contributed by atoms with E-state index < -0.39 is 5.91 Å². The number of rotatable bonds is 5. The molecule has 1 aromatic carbocycles. The van der Waals surface area contributed by atoms with Gasteiger partial charge >= 0.3 is 0 Å². The number of amides is 2. The molecular formula is C18H21N3O3S. The van der Waals surface area contributed by atoms with Crippen LogP contribution in [0.25, 0.3) is 11.1 Å². The Hall–Kier alpha value is -2.22. The number of hydrogen-bond donors (Lipinski definition) is 2. The third kappa shape index (κ3) is 4.25. The molecule has 1 saturated heterocycles. The molecule has 25 heavy (non-hydrogen) atoms. The van der Waals surface area contributed by atoms with Crippen molar-refractivity contribution in [2.45, 2.75) is 6.10 Å². The van der Waals surface area contributed by atoms with E-state index in [2.05, 4.69) is 10.2 Å². The third-order valence-electron chi connectivity index (χ3n) is 4.16. The molecule has 0 unspecified atom stereocenters. The van der Waals surface area contributed by atoms with E-state index in [9.17, 15) is 9.59 Å². The van der Waals surface area contributed by atoms with Gasteiger partial charge in [0.25, 0.3) is 11.8 Å². The Bertz CT molecular complexity index is 774. The summed E-state index contributed by atoms with van der Waals surface area (Å²) in [6.07, 6.45) is 0.00391. The molecule has 0 bridgehead atoms. The molecule has 0 saturated carbocycles. The van der Waals surface area contributed by atoms with Crippen LogP contribution in [0.15, 0.2) is 35.7 Å². The highest BCUT2D eigenvalue weighted by Crippen LogP contribution is 2.28. The Morgan fingerprint density at radius 3 is 3.00 bits per heavy atom. The summed E-state index contributed by atoms with van der Waals surface area (Å²) < 4.78 is 5.65. The third-order valence-corrected chi connectivity index (χ3v) is 5.09. The van der Waals surface area contributed by atoms with E-state index in [1.54, 1.807) is 18.2 Å². The summed E-state index contributed by atoms with van der Waals surface area (Å²) in [5.74, 6) is -0.618. The summed E-state index contributed by atoms with van der Waals surface area (Å²) in [4.78, 5) is 26.6. The van der Waals surface area contributed by atoms with Crippen LogP contribution in [0.5, 0.6) is 0 Å². The highest BCUT2D eigenvalue weighted by molar-refractivity contribution is 7.12. The van der Waals surface area contributed by atoms with Gasteiger partial charge in [0.1, 0.15) is 0 Å². The molecular weight excluding hydrogens is 338 g/mol. The van der Waals surface area contributed by atoms with Crippen LogP contribution < -0.4 is 11.1 Å². The Morgan fingerprint density at radius 1 is 1.40 bits per heavy atom. The van der Waals surface area contributed by atoms with E-state index in [4.69, 9.17) is 10.5 Å². The lowest BCUT2D eigenvalue weighted by Gasteiger charge is -2.30. The van der Waals surface area contributed by atoms with Gasteiger partial charge in [-0.05, 0) is 36.2 Å². The molecule has 2 aromatic rings. The minimum absolute atomic E-state index is 0.00391. The SMILES string of the molecule is CN1CCO[C@H](CNC(=O)c2cccc(-c3ccsc3C(N)=O)c2)C1. The van der Waals surface area contributed by atoms with Gasteiger partial charge in [0.05, 0.1) is 17.6 Å². The highest BCUT2D eigenvalue weighted by atomic mass is 32.1. The molecule has 2 amide bonds. The van der Waals surface area contributed by atoms with Gasteiger partial charge in [0.2, 0.25) is 0 Å². The average molecular weight is 359 g/mol. The quantitative estimate of drug-likeness (QED) is 0.849. The summed E-state index contributed by atoms with van der Waals surface area (Å²) >= 11 is 1.30. The van der Waals surface area contributed by atoms with E-state index >= 15 is 0 Å². The van der Waals surface area contributed by atoms with E-state index in [-0.39, 0.29) is 12.0 Å². The van der Waals surface area contributed by atoms with Crippen molar-refractivity contribution < 1.29 is 14.3 Å². The minimum atomic E-state index is -0.460. The lowest BCUT2D eigenvalue weighted by atomic mass is 10.0. The Balaban J connectivity index is 1.69. The highest BCUT2D eigenvalue weighted by Gasteiger charge is 2.19. The normalized spacial score (nSPS) is 18.0. The lowest BCUT2D eigenvalue weighted by molar-refractivity contribution is -0.0175. The number of carbonyl (C=O) groups is 2. The number of morpholine rings is 1. The smallest absolute Gasteiger partial charge is 0.259 e. The summed E-state index contributed by atoms with van der Waals surface area (Å²) in [5.41, 5.74) is 7.51. The minimum Gasteiger partial charge on any atom is -0.374 e. The van der Waals surface area contributed by atoms with Crippen LogP contribution >= 0.6 is 11.3 Å². The Labute approximate surface area is 150 Å². The van der Waals surface area contributed by atoms with Crippen molar-refractivity contribution in [1.82, 2.24) is 10.2 Å². The number of primary amides is 1. The zero-order chi connectivity index (χ0) is 17.8. The lowest BCUT2D eigenvalue weighted by Crippen LogP contribution is -2.45. The van der Waals surface area contributed by atoms with Gasteiger partial charge in [0.15, 0.2) is 0 Å². The molecule has 0 radical (unpaired) electrons. The van der Waals surface area contributed by atoms with Crippen LogP contribution in [0, 0.1) is 0 Å². The average Bonchev–Trinajstić information content (AvgIpc) is 3.10. The van der Waals surface area contributed by atoms with Crippen LogP contribution in [0.3, 0.4) is 0 Å². The molecule has 7 heteroatoms. The molecule has 2 heterocycles. The second-order valence-electron chi connectivity index (χ2n) is 6.07. The van der Waals surface area contributed by atoms with Gasteiger partial charge in [-0.15, -0.1) is 11.3 Å². The van der Waals surface area contributed by atoms with Crippen molar-refractivity contribution in [1.29, 1.82) is 0 Å². The zero-order valence-electron chi connectivity index (χ0n) is 14.0. The van der Waals surface area contributed by atoms with Crippen molar-refractivity contribution in [3.05, 3.63) is 46.2 Å². The van der Waals surface area contributed by atoms with E-state index in [1.165, 1.54) is 11.3 Å². The monoisotopic (exact) mass is 359 g/mol. The van der Waals surface area contributed by atoms with Crippen molar-refractivity contribution in [2.24, 2.45) is 5.73 Å². The molecule has 1 aliphatic heterocycles. The number of nitrogens with one attached hydrogen (secondary N) is 1. The fraction of sp³-hybridized carbons (Fsp3) is 0.333. The second-order valence-corrected chi connectivity index (χ2v) is 6.99. The number of carbonyl (C=O) groups excluding carboxylic acids is 2. The molecule has 1 atom stereocenters. The first-order valence-corrected chi connectivity index (χ1v) is 8.98. The Morgan fingerprint density at radius 2 is 2.24 bits per heavy atom. The van der Waals surface area contributed by atoms with Gasteiger partial charge in [-0.2, -0.15) is 0 Å². The van der Waals surface area contributed by atoms with Gasteiger partial charge in [-0.3, -0.25) is 9.59 Å². The van der Waals surface area contributed by atoms with Crippen molar-refractivity contribution in [2.75, 3.05) is 33.3 Å². The molecule has 0 aliphatic carbocycles. The van der Waals surface area contributed by atoms with Crippen molar-refractivity contribution >= 4 is 23.2 Å². The molecule has 3 rings (SSSR count). The molecule has 1 aliphatic rings. The predicted molar refractivity (Wildman–Crippen MR) is 97.8 cm³/mol. The van der Waals surface area contributed by atoms with Crippen LogP contribution in [0.1, 0.15) is 20.0 Å². The van der Waals surface area contributed by atoms with Crippen molar-refractivity contribution in [3.8, 4) is 11.1 Å². The number of hydrogen-bond acceptors (Lipinski definition) is 5. The van der Waals surface area contributed by atoms with E-state index in [0.29, 0.717) is 23.6 Å². The summed E-state index contributed by atoms with van der Waals surface area (Å²) in [6.45, 7) is 2.87. The summed E-state index contributed by atoms with van der Waals surface area (Å²) in [6, 6.07) is 9.04. The van der Waals surface area contributed by atoms with E-state index in [1.807, 2.05) is 24.6 Å². The van der Waals surface area contributed by atoms with Crippen LogP contribution in [-0.4, -0.2) is 56.1 Å². The maximum absolute atomic E-state index is 12.4. The molecule has 6 nitrogen and oxygen atoms in total. The predicted octanol–water partition coefficient (Wildman–Crippen LogP) is 1.57. The van der Waals surface area contributed by atoms with E-state index in [0.717, 1.165) is 24.2 Å². The fourth-order valence-electron chi connectivity index (χ4n) is 2.85.